The molecule has 6 heteroatoms. The van der Waals surface area contributed by atoms with Crippen LogP contribution in [0.2, 0.25) is 0 Å². The molecule has 0 saturated carbocycles. The van der Waals surface area contributed by atoms with Crippen molar-refractivity contribution in [3.05, 3.63) is 65.5 Å². The number of nitrogens with one attached hydrogen (secondary N) is 1. The number of carboxylic acid groups (broad SMARTS) is 1. The Bertz CT molecular complexity index is 937. The smallest absolute Gasteiger partial charge is 0.335 e. The lowest BCUT2D eigenvalue weighted by molar-refractivity contribution is 0.0697. The molecule has 0 aliphatic rings. The number of rotatable bonds is 4. The Balaban J connectivity index is 1.97. The third-order valence-corrected chi connectivity index (χ3v) is 3.69. The number of hydrogen-bond acceptors (Lipinski definition) is 5. The van der Waals surface area contributed by atoms with Gasteiger partial charge in [-0.05, 0) is 32.0 Å². The van der Waals surface area contributed by atoms with E-state index in [0.717, 1.165) is 16.8 Å². The zero-order chi connectivity index (χ0) is 18.0. The molecule has 0 spiro atoms. The Morgan fingerprint density at radius 3 is 2.40 bits per heavy atom. The maximum Gasteiger partial charge on any atom is 0.335 e. The highest BCUT2D eigenvalue weighted by atomic mass is 16.4. The first kappa shape index (κ1) is 16.4. The number of aromatic nitrogens is 2. The zero-order valence-corrected chi connectivity index (χ0v) is 13.8. The minimum atomic E-state index is -1.07. The molecule has 6 nitrogen and oxygen atoms in total. The monoisotopic (exact) mass is 335 g/mol. The average Bonchev–Trinajstić information content (AvgIpc) is 2.57. The quantitative estimate of drug-likeness (QED) is 0.626. The number of phenolic OH excluding ortho intramolecular Hbond substituents is 1. The van der Waals surface area contributed by atoms with E-state index in [2.05, 4.69) is 15.3 Å². The van der Waals surface area contributed by atoms with E-state index in [-0.39, 0.29) is 17.0 Å². The molecule has 0 saturated heterocycles. The van der Waals surface area contributed by atoms with Gasteiger partial charge in [-0.25, -0.2) is 14.8 Å². The van der Waals surface area contributed by atoms with Crippen molar-refractivity contribution >= 4 is 17.5 Å². The lowest BCUT2D eigenvalue weighted by atomic mass is 10.1. The van der Waals surface area contributed by atoms with Gasteiger partial charge in [-0.3, -0.25) is 0 Å². The largest absolute Gasteiger partial charge is 0.506 e. The Morgan fingerprint density at radius 1 is 1.00 bits per heavy atom. The lowest BCUT2D eigenvalue weighted by Gasteiger charge is -2.11. The van der Waals surface area contributed by atoms with Crippen LogP contribution in [0.5, 0.6) is 5.75 Å². The average molecular weight is 335 g/mol. The molecule has 0 fully saturated rings. The fourth-order valence-corrected chi connectivity index (χ4v) is 2.41. The maximum absolute atomic E-state index is 11.1. The summed E-state index contributed by atoms with van der Waals surface area (Å²) in [6, 6.07) is 13.7. The summed E-state index contributed by atoms with van der Waals surface area (Å²) in [5.41, 5.74) is 3.19. The summed E-state index contributed by atoms with van der Waals surface area (Å²) in [6.45, 7) is 3.79. The number of nitrogens with zero attached hydrogens (tertiary/aromatic N) is 2. The van der Waals surface area contributed by atoms with Crippen LogP contribution in [0.3, 0.4) is 0 Å². The second-order valence-corrected chi connectivity index (χ2v) is 5.71. The number of aromatic carboxylic acids is 1. The van der Waals surface area contributed by atoms with Gasteiger partial charge < -0.3 is 15.5 Å². The number of hydrogen-bond donors (Lipinski definition) is 3. The summed E-state index contributed by atoms with van der Waals surface area (Å²) in [5, 5.41) is 22.0. The highest BCUT2D eigenvalue weighted by molar-refractivity contribution is 5.90. The van der Waals surface area contributed by atoms with Crippen LogP contribution in [0.15, 0.2) is 48.5 Å². The molecule has 3 rings (SSSR count). The molecule has 3 aromatic rings. The van der Waals surface area contributed by atoms with Crippen molar-refractivity contribution < 1.29 is 15.0 Å². The minimum Gasteiger partial charge on any atom is -0.506 e. The summed E-state index contributed by atoms with van der Waals surface area (Å²) in [4.78, 5) is 19.8. The molecular weight excluding hydrogens is 318 g/mol. The van der Waals surface area contributed by atoms with Gasteiger partial charge >= 0.3 is 5.97 Å². The number of carbonyl (C=O) groups is 1. The topological polar surface area (TPSA) is 95.3 Å². The van der Waals surface area contributed by atoms with E-state index in [1.807, 2.05) is 31.2 Å². The Morgan fingerprint density at radius 2 is 1.72 bits per heavy atom. The molecule has 1 heterocycles. The van der Waals surface area contributed by atoms with Crippen molar-refractivity contribution in [2.75, 3.05) is 5.32 Å². The Labute approximate surface area is 144 Å². The van der Waals surface area contributed by atoms with Crippen molar-refractivity contribution in [3.63, 3.8) is 0 Å². The van der Waals surface area contributed by atoms with Crippen LogP contribution in [0.25, 0.3) is 11.3 Å². The predicted molar refractivity (Wildman–Crippen MR) is 95.3 cm³/mol. The molecule has 0 unspecified atom stereocenters. The first-order valence-electron chi connectivity index (χ1n) is 7.68. The van der Waals surface area contributed by atoms with Crippen LogP contribution in [0.1, 0.15) is 21.7 Å². The molecule has 25 heavy (non-hydrogen) atoms. The van der Waals surface area contributed by atoms with Crippen LogP contribution < -0.4 is 5.32 Å². The van der Waals surface area contributed by atoms with Gasteiger partial charge in [0.1, 0.15) is 17.4 Å². The van der Waals surface area contributed by atoms with Gasteiger partial charge in [0.2, 0.25) is 0 Å². The van der Waals surface area contributed by atoms with Crippen molar-refractivity contribution in [1.29, 1.82) is 0 Å². The molecule has 126 valence electrons. The van der Waals surface area contributed by atoms with Gasteiger partial charge in [0.05, 0.1) is 16.9 Å². The number of aryl methyl sites for hydroxylation is 2. The van der Waals surface area contributed by atoms with E-state index in [0.29, 0.717) is 11.6 Å². The second kappa shape index (κ2) is 6.60. The van der Waals surface area contributed by atoms with Crippen LogP contribution >= 0.6 is 0 Å². The standard InChI is InChI=1S/C19H17N3O3/c1-11-3-5-13(6-4-11)15-10-18(21-12(2)20-15)22-16-9-14(19(24)25)7-8-17(16)23/h3-10,23H,1-2H3,(H,24,25)(H,20,21,22). The summed E-state index contributed by atoms with van der Waals surface area (Å²) in [5.74, 6) is -0.0872. The molecule has 2 aromatic carbocycles. The predicted octanol–water partition coefficient (Wildman–Crippen LogP) is 3.91. The molecule has 3 N–H and O–H groups in total. The van der Waals surface area contributed by atoms with Crippen molar-refractivity contribution in [3.8, 4) is 17.0 Å². The fourth-order valence-electron chi connectivity index (χ4n) is 2.41. The fraction of sp³-hybridized carbons (Fsp3) is 0.105. The number of benzene rings is 2. The third kappa shape index (κ3) is 3.74. The Hall–Kier alpha value is -3.41. The van der Waals surface area contributed by atoms with Gasteiger partial charge in [0, 0.05) is 11.6 Å². The highest BCUT2D eigenvalue weighted by Gasteiger charge is 2.10. The molecule has 0 aliphatic heterocycles. The molecule has 0 radical (unpaired) electrons. The number of carboxylic acids is 1. The van der Waals surface area contributed by atoms with Crippen LogP contribution in [-0.4, -0.2) is 26.2 Å². The second-order valence-electron chi connectivity index (χ2n) is 5.71. The summed E-state index contributed by atoms with van der Waals surface area (Å²) in [6.07, 6.45) is 0. The van der Waals surface area contributed by atoms with Gasteiger partial charge in [-0.1, -0.05) is 29.8 Å². The molecule has 0 aliphatic carbocycles. The van der Waals surface area contributed by atoms with E-state index in [4.69, 9.17) is 5.11 Å². The molecule has 0 bridgehead atoms. The van der Waals surface area contributed by atoms with E-state index in [9.17, 15) is 9.90 Å². The van der Waals surface area contributed by atoms with Gasteiger partial charge in [-0.2, -0.15) is 0 Å². The van der Waals surface area contributed by atoms with E-state index in [1.165, 1.54) is 18.2 Å². The van der Waals surface area contributed by atoms with Crippen LogP contribution in [0.4, 0.5) is 11.5 Å². The first-order valence-corrected chi connectivity index (χ1v) is 7.68. The summed E-state index contributed by atoms with van der Waals surface area (Å²) in [7, 11) is 0. The summed E-state index contributed by atoms with van der Waals surface area (Å²) < 4.78 is 0. The molecular formula is C19H17N3O3. The van der Waals surface area contributed by atoms with Crippen LogP contribution in [-0.2, 0) is 0 Å². The van der Waals surface area contributed by atoms with E-state index < -0.39 is 5.97 Å². The number of aromatic hydroxyl groups is 1. The first-order chi connectivity index (χ1) is 11.9. The van der Waals surface area contributed by atoms with E-state index >= 15 is 0 Å². The molecule has 0 atom stereocenters. The van der Waals surface area contributed by atoms with Gasteiger partial charge in [0.25, 0.3) is 0 Å². The minimum absolute atomic E-state index is 0.0573. The van der Waals surface area contributed by atoms with Crippen molar-refractivity contribution in [2.45, 2.75) is 13.8 Å². The van der Waals surface area contributed by atoms with Crippen LogP contribution in [0, 0.1) is 13.8 Å². The molecule has 0 amide bonds. The van der Waals surface area contributed by atoms with Gasteiger partial charge in [-0.15, -0.1) is 0 Å². The number of phenols is 1. The normalized spacial score (nSPS) is 10.5. The lowest BCUT2D eigenvalue weighted by Crippen LogP contribution is -2.01. The van der Waals surface area contributed by atoms with Gasteiger partial charge in [0.15, 0.2) is 0 Å². The molecule has 1 aromatic heterocycles. The third-order valence-electron chi connectivity index (χ3n) is 3.69. The van der Waals surface area contributed by atoms with E-state index in [1.54, 1.807) is 13.0 Å². The Kier molecular flexibility index (Phi) is 4.35. The van der Waals surface area contributed by atoms with Crippen molar-refractivity contribution in [1.82, 2.24) is 9.97 Å². The SMILES string of the molecule is Cc1ccc(-c2cc(Nc3cc(C(=O)O)ccc3O)nc(C)n2)cc1. The summed E-state index contributed by atoms with van der Waals surface area (Å²) >= 11 is 0. The zero-order valence-electron chi connectivity index (χ0n) is 13.8. The number of anilines is 2. The highest BCUT2D eigenvalue weighted by Crippen LogP contribution is 2.28. The van der Waals surface area contributed by atoms with Crippen molar-refractivity contribution in [2.24, 2.45) is 0 Å². The maximum atomic E-state index is 11.1.